The standard InChI is InChI=1S/C19H19BrN2O/c20-15-4-1-3-14(11-15)16-12-17(16)19(23)22-10-2-5-18(22)13-6-8-21-9-7-13/h1,3-4,6-9,11,16-18H,2,5,10,12H2/t16-,17+,18+/m0/s1. The van der Waals surface area contributed by atoms with E-state index in [1.807, 2.05) is 30.6 Å². The Morgan fingerprint density at radius 1 is 1.17 bits per heavy atom. The molecule has 23 heavy (non-hydrogen) atoms. The summed E-state index contributed by atoms with van der Waals surface area (Å²) in [5.41, 5.74) is 2.49. The summed E-state index contributed by atoms with van der Waals surface area (Å²) >= 11 is 3.52. The number of nitrogens with zero attached hydrogens (tertiary/aromatic N) is 2. The van der Waals surface area contributed by atoms with Gasteiger partial charge in [-0.2, -0.15) is 0 Å². The van der Waals surface area contributed by atoms with Crippen molar-refractivity contribution in [2.24, 2.45) is 5.92 Å². The Hall–Kier alpha value is -1.68. The van der Waals surface area contributed by atoms with Crippen molar-refractivity contribution in [1.29, 1.82) is 0 Å². The molecule has 3 nitrogen and oxygen atoms in total. The number of benzene rings is 1. The minimum absolute atomic E-state index is 0.159. The van der Waals surface area contributed by atoms with Gasteiger partial charge in [-0.05, 0) is 60.6 Å². The fourth-order valence-electron chi connectivity index (χ4n) is 3.75. The molecule has 3 atom stereocenters. The molecule has 1 saturated heterocycles. The molecule has 0 radical (unpaired) electrons. The van der Waals surface area contributed by atoms with Crippen LogP contribution in [-0.4, -0.2) is 22.3 Å². The molecule has 4 rings (SSSR count). The molecule has 1 saturated carbocycles. The molecule has 4 heteroatoms. The van der Waals surface area contributed by atoms with Gasteiger partial charge in [-0.3, -0.25) is 9.78 Å². The number of aromatic nitrogens is 1. The zero-order chi connectivity index (χ0) is 15.8. The lowest BCUT2D eigenvalue weighted by molar-refractivity contribution is -0.133. The van der Waals surface area contributed by atoms with Gasteiger partial charge in [0.05, 0.1) is 6.04 Å². The van der Waals surface area contributed by atoms with E-state index in [0.29, 0.717) is 11.8 Å². The Bertz CT molecular complexity index is 718. The quantitative estimate of drug-likeness (QED) is 0.806. The summed E-state index contributed by atoms with van der Waals surface area (Å²) in [5, 5.41) is 0. The van der Waals surface area contributed by atoms with Crippen LogP contribution < -0.4 is 0 Å². The van der Waals surface area contributed by atoms with Crippen molar-refractivity contribution < 1.29 is 4.79 Å². The van der Waals surface area contributed by atoms with E-state index >= 15 is 0 Å². The Balaban J connectivity index is 1.49. The first-order valence-electron chi connectivity index (χ1n) is 8.20. The monoisotopic (exact) mass is 370 g/mol. The van der Waals surface area contributed by atoms with Gasteiger partial charge in [-0.1, -0.05) is 28.1 Å². The maximum absolute atomic E-state index is 13.0. The molecular formula is C19H19BrN2O. The summed E-state index contributed by atoms with van der Waals surface area (Å²) < 4.78 is 1.09. The van der Waals surface area contributed by atoms with Crippen LogP contribution in [0.4, 0.5) is 0 Å². The highest BCUT2D eigenvalue weighted by molar-refractivity contribution is 9.10. The molecule has 0 N–H and O–H groups in total. The molecule has 2 heterocycles. The Morgan fingerprint density at radius 2 is 2.00 bits per heavy atom. The number of hydrogen-bond acceptors (Lipinski definition) is 2. The molecule has 0 unspecified atom stereocenters. The van der Waals surface area contributed by atoms with Gasteiger partial charge in [-0.25, -0.2) is 0 Å². The van der Waals surface area contributed by atoms with Crippen molar-refractivity contribution in [2.45, 2.75) is 31.2 Å². The van der Waals surface area contributed by atoms with Crippen molar-refractivity contribution in [3.63, 3.8) is 0 Å². The molecular weight excluding hydrogens is 352 g/mol. The van der Waals surface area contributed by atoms with Crippen molar-refractivity contribution in [3.8, 4) is 0 Å². The van der Waals surface area contributed by atoms with Gasteiger partial charge >= 0.3 is 0 Å². The maximum atomic E-state index is 13.0. The molecule has 2 aromatic rings. The van der Waals surface area contributed by atoms with Crippen molar-refractivity contribution in [3.05, 3.63) is 64.4 Å². The molecule has 2 fully saturated rings. The lowest BCUT2D eigenvalue weighted by Gasteiger charge is -2.25. The molecule has 0 bridgehead atoms. The van der Waals surface area contributed by atoms with Crippen LogP contribution in [0.2, 0.25) is 0 Å². The van der Waals surface area contributed by atoms with E-state index in [-0.39, 0.29) is 12.0 Å². The number of hydrogen-bond donors (Lipinski definition) is 0. The molecule has 118 valence electrons. The first kappa shape index (κ1) is 14.9. The van der Waals surface area contributed by atoms with E-state index in [2.05, 4.69) is 44.0 Å². The van der Waals surface area contributed by atoms with Crippen LogP contribution in [0.5, 0.6) is 0 Å². The van der Waals surface area contributed by atoms with Crippen molar-refractivity contribution in [2.75, 3.05) is 6.54 Å². The normalized spacial score (nSPS) is 26.3. The average molecular weight is 371 g/mol. The number of pyridine rings is 1. The largest absolute Gasteiger partial charge is 0.335 e. The Kier molecular flexibility index (Phi) is 3.93. The smallest absolute Gasteiger partial charge is 0.226 e. The summed E-state index contributed by atoms with van der Waals surface area (Å²) in [4.78, 5) is 19.1. The van der Waals surface area contributed by atoms with Crippen LogP contribution in [0.1, 0.15) is 42.3 Å². The third kappa shape index (κ3) is 2.92. The van der Waals surface area contributed by atoms with Crippen LogP contribution in [0.3, 0.4) is 0 Å². The minimum atomic E-state index is 0.159. The Labute approximate surface area is 144 Å². The summed E-state index contributed by atoms with van der Waals surface area (Å²) in [6.45, 7) is 0.882. The zero-order valence-electron chi connectivity index (χ0n) is 12.9. The highest BCUT2D eigenvalue weighted by Crippen LogP contribution is 2.50. The van der Waals surface area contributed by atoms with Crippen molar-refractivity contribution in [1.82, 2.24) is 9.88 Å². The van der Waals surface area contributed by atoms with E-state index in [4.69, 9.17) is 0 Å². The summed E-state index contributed by atoms with van der Waals surface area (Å²) in [6.07, 6.45) is 6.77. The lowest BCUT2D eigenvalue weighted by Crippen LogP contribution is -2.32. The number of halogens is 1. The van der Waals surface area contributed by atoms with Crippen molar-refractivity contribution >= 4 is 21.8 Å². The topological polar surface area (TPSA) is 33.2 Å². The number of carbonyl (C=O) groups excluding carboxylic acids is 1. The van der Waals surface area contributed by atoms with Gasteiger partial charge in [0, 0.05) is 29.3 Å². The molecule has 0 spiro atoms. The second-order valence-corrected chi connectivity index (χ2v) is 7.39. The van der Waals surface area contributed by atoms with Gasteiger partial charge in [0.2, 0.25) is 5.91 Å². The SMILES string of the molecule is O=C([C@@H]1C[C@H]1c1cccc(Br)c1)N1CCC[C@@H]1c1ccncc1. The second-order valence-electron chi connectivity index (χ2n) is 6.47. The van der Waals surface area contributed by atoms with E-state index in [9.17, 15) is 4.79 Å². The predicted octanol–water partition coefficient (Wildman–Crippen LogP) is 4.31. The summed E-state index contributed by atoms with van der Waals surface area (Å²) in [6, 6.07) is 12.7. The number of likely N-dealkylation sites (tertiary alicyclic amines) is 1. The van der Waals surface area contributed by atoms with Crippen LogP contribution in [0.15, 0.2) is 53.3 Å². The third-order valence-electron chi connectivity index (χ3n) is 5.01. The Morgan fingerprint density at radius 3 is 2.78 bits per heavy atom. The minimum Gasteiger partial charge on any atom is -0.335 e. The van der Waals surface area contributed by atoms with E-state index < -0.39 is 0 Å². The number of carbonyl (C=O) groups is 1. The molecule has 1 aromatic carbocycles. The fraction of sp³-hybridized carbons (Fsp3) is 0.368. The first-order chi connectivity index (χ1) is 11.2. The lowest BCUT2D eigenvalue weighted by atomic mass is 10.1. The summed E-state index contributed by atoms with van der Waals surface area (Å²) in [7, 11) is 0. The van der Waals surface area contributed by atoms with Gasteiger partial charge in [-0.15, -0.1) is 0 Å². The van der Waals surface area contributed by atoms with E-state index in [1.54, 1.807) is 0 Å². The van der Waals surface area contributed by atoms with Crippen LogP contribution >= 0.6 is 15.9 Å². The fourth-order valence-corrected chi connectivity index (χ4v) is 4.17. The second kappa shape index (κ2) is 6.08. The third-order valence-corrected chi connectivity index (χ3v) is 5.50. The van der Waals surface area contributed by atoms with Crippen LogP contribution in [0.25, 0.3) is 0 Å². The van der Waals surface area contributed by atoms with E-state index in [0.717, 1.165) is 30.3 Å². The summed E-state index contributed by atoms with van der Waals surface area (Å²) in [5.74, 6) is 0.875. The number of amides is 1. The highest BCUT2D eigenvalue weighted by Gasteiger charge is 2.47. The van der Waals surface area contributed by atoms with E-state index in [1.165, 1.54) is 11.1 Å². The highest BCUT2D eigenvalue weighted by atomic mass is 79.9. The van der Waals surface area contributed by atoms with Gasteiger partial charge in [0.15, 0.2) is 0 Å². The molecule has 2 aliphatic rings. The molecule has 1 aromatic heterocycles. The predicted molar refractivity (Wildman–Crippen MR) is 92.9 cm³/mol. The average Bonchev–Trinajstić information content (AvgIpc) is 3.23. The molecule has 1 aliphatic carbocycles. The molecule has 1 aliphatic heterocycles. The van der Waals surface area contributed by atoms with Gasteiger partial charge < -0.3 is 4.90 Å². The van der Waals surface area contributed by atoms with Gasteiger partial charge in [0.25, 0.3) is 0 Å². The van der Waals surface area contributed by atoms with Gasteiger partial charge in [0.1, 0.15) is 0 Å². The molecule has 1 amide bonds. The van der Waals surface area contributed by atoms with Crippen LogP contribution in [0, 0.1) is 5.92 Å². The zero-order valence-corrected chi connectivity index (χ0v) is 14.4. The maximum Gasteiger partial charge on any atom is 0.226 e. The van der Waals surface area contributed by atoms with Crippen LogP contribution in [-0.2, 0) is 4.79 Å². The number of rotatable bonds is 3. The first-order valence-corrected chi connectivity index (χ1v) is 8.99.